The number of anilines is 1. The molecule has 0 aliphatic heterocycles. The van der Waals surface area contributed by atoms with E-state index in [1.54, 1.807) is 6.92 Å². The molecule has 4 fully saturated rings. The van der Waals surface area contributed by atoms with Crippen LogP contribution in [0.3, 0.4) is 0 Å². The summed E-state index contributed by atoms with van der Waals surface area (Å²) in [4.78, 5) is 11.9. The summed E-state index contributed by atoms with van der Waals surface area (Å²) in [5.41, 5.74) is 1.50. The van der Waals surface area contributed by atoms with E-state index in [0.717, 1.165) is 27.9 Å². The number of halogens is 1. The van der Waals surface area contributed by atoms with Gasteiger partial charge in [0.05, 0.1) is 0 Å². The van der Waals surface area contributed by atoms with Crippen LogP contribution < -0.4 is 5.32 Å². The molecular weight excluding hydrogens is 350 g/mol. The third-order valence-electron chi connectivity index (χ3n) is 6.50. The van der Waals surface area contributed by atoms with Crippen molar-refractivity contribution in [2.45, 2.75) is 57.9 Å². The number of carbonyl (C=O) groups excluding carboxylic acids is 1. The second kappa shape index (κ2) is 5.91. The molecule has 0 radical (unpaired) electrons. The van der Waals surface area contributed by atoms with Crippen molar-refractivity contribution >= 4 is 27.4 Å². The second-order valence-electron chi connectivity index (χ2n) is 8.39. The number of nitrogens with one attached hydrogen (secondary N) is 1. The number of benzene rings is 1. The maximum Gasteiger partial charge on any atom is 0.131 e. The van der Waals surface area contributed by atoms with E-state index in [1.807, 2.05) is 0 Å². The first-order valence-electron chi connectivity index (χ1n) is 9.04. The number of rotatable bonds is 5. The van der Waals surface area contributed by atoms with E-state index in [4.69, 9.17) is 0 Å². The molecular formula is C20H26BrNO. The maximum absolute atomic E-state index is 11.9. The molecule has 0 saturated heterocycles. The molecule has 0 heterocycles. The number of Topliss-reactive ketones (excluding diaryl/α,β-unsaturated/α-hetero) is 1. The van der Waals surface area contributed by atoms with E-state index in [2.05, 4.69) is 45.5 Å². The van der Waals surface area contributed by atoms with Gasteiger partial charge in [-0.1, -0.05) is 15.9 Å². The van der Waals surface area contributed by atoms with Gasteiger partial charge in [0.1, 0.15) is 5.78 Å². The summed E-state index contributed by atoms with van der Waals surface area (Å²) in [6, 6.07) is 8.70. The molecule has 4 aliphatic rings. The summed E-state index contributed by atoms with van der Waals surface area (Å²) < 4.78 is 1.10. The average molecular weight is 376 g/mol. The Morgan fingerprint density at radius 1 is 1.13 bits per heavy atom. The van der Waals surface area contributed by atoms with Gasteiger partial charge in [0, 0.05) is 22.6 Å². The molecule has 0 spiro atoms. The zero-order valence-corrected chi connectivity index (χ0v) is 15.4. The van der Waals surface area contributed by atoms with Crippen LogP contribution in [-0.4, -0.2) is 11.8 Å². The molecule has 4 aliphatic carbocycles. The lowest BCUT2D eigenvalue weighted by atomic mass is 9.47. The fraction of sp³-hybridized carbons (Fsp3) is 0.650. The quantitative estimate of drug-likeness (QED) is 0.743. The summed E-state index contributed by atoms with van der Waals surface area (Å²) >= 11 is 3.50. The number of carbonyl (C=O) groups is 1. The molecule has 0 aromatic heterocycles. The second-order valence-corrected chi connectivity index (χ2v) is 9.31. The smallest absolute Gasteiger partial charge is 0.131 e. The van der Waals surface area contributed by atoms with Crippen molar-refractivity contribution in [2.24, 2.45) is 23.2 Å². The molecule has 5 rings (SSSR count). The average Bonchev–Trinajstić information content (AvgIpc) is 2.47. The largest absolute Gasteiger partial charge is 0.381 e. The lowest BCUT2D eigenvalue weighted by Crippen LogP contribution is -2.54. The molecule has 1 aromatic carbocycles. The molecule has 2 nitrogen and oxygen atoms in total. The van der Waals surface area contributed by atoms with Gasteiger partial charge in [-0.2, -0.15) is 0 Å². The normalized spacial score (nSPS) is 36.0. The fourth-order valence-electron chi connectivity index (χ4n) is 6.06. The van der Waals surface area contributed by atoms with Crippen molar-refractivity contribution in [2.75, 3.05) is 5.32 Å². The van der Waals surface area contributed by atoms with Crippen molar-refractivity contribution in [3.63, 3.8) is 0 Å². The van der Waals surface area contributed by atoms with Crippen LogP contribution in [0.2, 0.25) is 0 Å². The van der Waals surface area contributed by atoms with Gasteiger partial charge in [0.25, 0.3) is 0 Å². The summed E-state index contributed by atoms with van der Waals surface area (Å²) in [5, 5.41) is 3.75. The van der Waals surface area contributed by atoms with Gasteiger partial charge in [0.2, 0.25) is 0 Å². The highest BCUT2D eigenvalue weighted by atomic mass is 79.9. The SMILES string of the molecule is CC(=O)C[C@H](Nc1ccc(Br)cc1)C12CC3CC(CC(C3)C1)C2. The Labute approximate surface area is 147 Å². The van der Waals surface area contributed by atoms with Crippen molar-refractivity contribution < 1.29 is 4.79 Å². The fourth-order valence-corrected chi connectivity index (χ4v) is 6.32. The van der Waals surface area contributed by atoms with Crippen molar-refractivity contribution in [3.8, 4) is 0 Å². The van der Waals surface area contributed by atoms with E-state index in [-0.39, 0.29) is 0 Å². The molecule has 1 aromatic rings. The van der Waals surface area contributed by atoms with E-state index in [0.29, 0.717) is 23.7 Å². The van der Waals surface area contributed by atoms with E-state index in [9.17, 15) is 4.79 Å². The van der Waals surface area contributed by atoms with Crippen LogP contribution in [0.1, 0.15) is 51.9 Å². The van der Waals surface area contributed by atoms with Crippen molar-refractivity contribution in [1.29, 1.82) is 0 Å². The Balaban J connectivity index is 1.60. The van der Waals surface area contributed by atoms with Crippen LogP contribution in [0.4, 0.5) is 5.69 Å². The Hall–Kier alpha value is -0.830. The van der Waals surface area contributed by atoms with Crippen LogP contribution >= 0.6 is 15.9 Å². The van der Waals surface area contributed by atoms with Gasteiger partial charge in [0.15, 0.2) is 0 Å². The Kier molecular flexibility index (Phi) is 4.03. The molecule has 0 unspecified atom stereocenters. The van der Waals surface area contributed by atoms with Crippen LogP contribution in [-0.2, 0) is 4.79 Å². The number of hydrogen-bond acceptors (Lipinski definition) is 2. The molecule has 4 bridgehead atoms. The summed E-state index contributed by atoms with van der Waals surface area (Å²) in [6.07, 6.45) is 9.02. The first-order valence-corrected chi connectivity index (χ1v) is 9.83. The predicted octanol–water partition coefficient (Wildman–Crippen LogP) is 5.43. The number of ketones is 1. The van der Waals surface area contributed by atoms with E-state index < -0.39 is 0 Å². The minimum atomic E-state index is 0.301. The first kappa shape index (κ1) is 15.7. The Morgan fingerprint density at radius 2 is 1.65 bits per heavy atom. The van der Waals surface area contributed by atoms with Gasteiger partial charge in [-0.3, -0.25) is 4.79 Å². The van der Waals surface area contributed by atoms with Crippen LogP contribution in [0, 0.1) is 23.2 Å². The summed E-state index contributed by atoms with van der Waals surface area (Å²) in [5.74, 6) is 3.07. The Bertz CT molecular complexity index is 559. The molecule has 4 saturated carbocycles. The lowest BCUT2D eigenvalue weighted by Gasteiger charge is -2.59. The van der Waals surface area contributed by atoms with Crippen LogP contribution in [0.5, 0.6) is 0 Å². The molecule has 23 heavy (non-hydrogen) atoms. The van der Waals surface area contributed by atoms with E-state index in [1.165, 1.54) is 38.5 Å². The summed E-state index contributed by atoms with van der Waals surface area (Å²) in [6.45, 7) is 1.75. The minimum absolute atomic E-state index is 0.301. The minimum Gasteiger partial charge on any atom is -0.381 e. The molecule has 1 atom stereocenters. The van der Waals surface area contributed by atoms with Gasteiger partial charge in [-0.25, -0.2) is 0 Å². The first-order chi connectivity index (χ1) is 11.0. The summed E-state index contributed by atoms with van der Waals surface area (Å²) in [7, 11) is 0. The van der Waals surface area contributed by atoms with Gasteiger partial charge < -0.3 is 5.32 Å². The molecule has 0 amide bonds. The lowest BCUT2D eigenvalue weighted by molar-refractivity contribution is -0.120. The highest BCUT2D eigenvalue weighted by Crippen LogP contribution is 2.62. The maximum atomic E-state index is 11.9. The standard InChI is InChI=1S/C20H26BrNO/c1-13(23)6-19(22-18-4-2-17(21)3-5-18)20-10-14-7-15(11-20)9-16(8-14)12-20/h2-5,14-16,19,22H,6-12H2,1H3/t14?,15?,16?,19-,20?/m0/s1. The van der Waals surface area contributed by atoms with E-state index >= 15 is 0 Å². The zero-order chi connectivity index (χ0) is 16.0. The van der Waals surface area contributed by atoms with Crippen molar-refractivity contribution in [1.82, 2.24) is 0 Å². The van der Waals surface area contributed by atoms with Gasteiger partial charge in [-0.05, 0) is 92.9 Å². The van der Waals surface area contributed by atoms with Gasteiger partial charge >= 0.3 is 0 Å². The highest BCUT2D eigenvalue weighted by Gasteiger charge is 2.54. The number of hydrogen-bond donors (Lipinski definition) is 1. The van der Waals surface area contributed by atoms with Crippen molar-refractivity contribution in [3.05, 3.63) is 28.7 Å². The topological polar surface area (TPSA) is 29.1 Å². The zero-order valence-electron chi connectivity index (χ0n) is 13.9. The molecule has 1 N–H and O–H groups in total. The van der Waals surface area contributed by atoms with Crippen LogP contribution in [0.15, 0.2) is 28.7 Å². The van der Waals surface area contributed by atoms with Crippen LogP contribution in [0.25, 0.3) is 0 Å². The monoisotopic (exact) mass is 375 g/mol. The Morgan fingerprint density at radius 3 is 2.13 bits per heavy atom. The third-order valence-corrected chi connectivity index (χ3v) is 7.03. The predicted molar refractivity (Wildman–Crippen MR) is 97.5 cm³/mol. The van der Waals surface area contributed by atoms with Gasteiger partial charge in [-0.15, -0.1) is 0 Å². The molecule has 124 valence electrons. The molecule has 3 heteroatoms. The highest BCUT2D eigenvalue weighted by molar-refractivity contribution is 9.10. The third kappa shape index (κ3) is 3.09.